The quantitative estimate of drug-likeness (QED) is 0.562. The van der Waals surface area contributed by atoms with Crippen LogP contribution < -0.4 is 5.69 Å². The van der Waals surface area contributed by atoms with Crippen LogP contribution in [0.4, 0.5) is 4.39 Å². The number of carbonyl (C=O) groups is 1. The Morgan fingerprint density at radius 1 is 0.938 bits per heavy atom. The Morgan fingerprint density at radius 2 is 1.53 bits per heavy atom. The molecular weight excluding hydrogens is 435 g/mol. The van der Waals surface area contributed by atoms with E-state index in [-0.39, 0.29) is 55.6 Å². The summed E-state index contributed by atoms with van der Waals surface area (Å²) in [6.45, 7) is 3.32. The number of hydrogen-bond donors (Lipinski definition) is 0. The molecule has 0 spiro atoms. The molecule has 0 radical (unpaired) electrons. The van der Waals surface area contributed by atoms with Crippen LogP contribution in [0, 0.1) is 5.82 Å². The van der Waals surface area contributed by atoms with Gasteiger partial charge >= 0.3 is 5.69 Å². The van der Waals surface area contributed by atoms with Crippen LogP contribution in [-0.4, -0.2) is 58.8 Å². The molecule has 170 valence electrons. The fourth-order valence-corrected chi connectivity index (χ4v) is 5.62. The highest BCUT2D eigenvalue weighted by Crippen LogP contribution is 2.21. The first-order chi connectivity index (χ1) is 15.3. The third-order valence-corrected chi connectivity index (χ3v) is 7.77. The van der Waals surface area contributed by atoms with Crippen molar-refractivity contribution in [3.8, 4) is 0 Å². The molecular formula is C22H25FN4O4S. The summed E-state index contributed by atoms with van der Waals surface area (Å²) in [6, 6.07) is 12.7. The number of benzene rings is 2. The van der Waals surface area contributed by atoms with Gasteiger partial charge in [-0.3, -0.25) is 13.9 Å². The highest BCUT2D eigenvalue weighted by atomic mass is 32.2. The van der Waals surface area contributed by atoms with E-state index in [1.54, 1.807) is 14.0 Å². The molecule has 10 heteroatoms. The van der Waals surface area contributed by atoms with Crippen molar-refractivity contribution in [3.05, 3.63) is 64.8 Å². The van der Waals surface area contributed by atoms with Gasteiger partial charge in [-0.25, -0.2) is 17.6 Å². The number of halogens is 1. The van der Waals surface area contributed by atoms with Crippen molar-refractivity contribution < 1.29 is 17.6 Å². The van der Waals surface area contributed by atoms with Crippen LogP contribution >= 0.6 is 0 Å². The number of aryl methyl sites for hydroxylation is 2. The summed E-state index contributed by atoms with van der Waals surface area (Å²) in [5.74, 6) is -0.934. The number of piperazine rings is 1. The molecule has 1 amide bonds. The maximum Gasteiger partial charge on any atom is 0.329 e. The molecule has 2 aromatic carbocycles. The van der Waals surface area contributed by atoms with E-state index in [1.165, 1.54) is 22.5 Å². The molecule has 3 aromatic rings. The first-order valence-corrected chi connectivity index (χ1v) is 12.0. The van der Waals surface area contributed by atoms with Gasteiger partial charge < -0.3 is 4.90 Å². The lowest BCUT2D eigenvalue weighted by atomic mass is 10.3. The number of imidazole rings is 1. The molecule has 0 saturated carbocycles. The van der Waals surface area contributed by atoms with Gasteiger partial charge in [0.2, 0.25) is 15.9 Å². The molecule has 0 aliphatic carbocycles. The molecule has 32 heavy (non-hydrogen) atoms. The largest absolute Gasteiger partial charge is 0.340 e. The molecule has 1 aliphatic rings. The second kappa shape index (κ2) is 8.87. The predicted molar refractivity (Wildman–Crippen MR) is 118 cm³/mol. The summed E-state index contributed by atoms with van der Waals surface area (Å²) < 4.78 is 43.9. The van der Waals surface area contributed by atoms with Crippen LogP contribution in [0.1, 0.15) is 13.3 Å². The highest BCUT2D eigenvalue weighted by molar-refractivity contribution is 7.89. The first-order valence-electron chi connectivity index (χ1n) is 10.5. The summed E-state index contributed by atoms with van der Waals surface area (Å²) in [6.07, 6.45) is 0.137. The van der Waals surface area contributed by atoms with Gasteiger partial charge in [0.1, 0.15) is 10.7 Å². The molecule has 0 atom stereocenters. The summed E-state index contributed by atoms with van der Waals surface area (Å²) in [4.78, 5) is 26.7. The van der Waals surface area contributed by atoms with Crippen LogP contribution in [0.2, 0.25) is 0 Å². The van der Waals surface area contributed by atoms with Crippen molar-refractivity contribution in [3.63, 3.8) is 0 Å². The van der Waals surface area contributed by atoms with E-state index >= 15 is 0 Å². The van der Waals surface area contributed by atoms with Crippen LogP contribution in [-0.2, 0) is 27.9 Å². The van der Waals surface area contributed by atoms with Gasteiger partial charge in [-0.1, -0.05) is 24.3 Å². The molecule has 4 rings (SSSR count). The van der Waals surface area contributed by atoms with E-state index in [4.69, 9.17) is 0 Å². The number of amides is 1. The van der Waals surface area contributed by atoms with Crippen molar-refractivity contribution >= 4 is 27.0 Å². The topological polar surface area (TPSA) is 84.6 Å². The van der Waals surface area contributed by atoms with Gasteiger partial charge in [0.15, 0.2) is 0 Å². The average molecular weight is 461 g/mol. The van der Waals surface area contributed by atoms with Crippen molar-refractivity contribution in [2.24, 2.45) is 0 Å². The summed E-state index contributed by atoms with van der Waals surface area (Å²) in [5, 5.41) is 0. The molecule has 1 saturated heterocycles. The minimum Gasteiger partial charge on any atom is -0.340 e. The Kier molecular flexibility index (Phi) is 6.16. The van der Waals surface area contributed by atoms with E-state index in [2.05, 4.69) is 0 Å². The Balaban J connectivity index is 1.41. The fraction of sp³-hybridized carbons (Fsp3) is 0.364. The van der Waals surface area contributed by atoms with Gasteiger partial charge in [-0.2, -0.15) is 4.31 Å². The molecule has 0 N–H and O–H groups in total. The van der Waals surface area contributed by atoms with Gasteiger partial charge in [-0.05, 0) is 31.2 Å². The van der Waals surface area contributed by atoms with Crippen LogP contribution in [0.5, 0.6) is 0 Å². The molecule has 0 bridgehead atoms. The second-order valence-electron chi connectivity index (χ2n) is 7.63. The lowest BCUT2D eigenvalue weighted by Crippen LogP contribution is -2.50. The van der Waals surface area contributed by atoms with E-state index in [0.717, 1.165) is 17.1 Å². The Morgan fingerprint density at radius 3 is 2.16 bits per heavy atom. The standard InChI is InChI=1S/C22H25FN4O4S/c1-2-26-18-8-4-5-9-19(18)27(22(26)29)12-11-21(28)24-13-15-25(16-14-24)32(30,31)20-10-6-3-7-17(20)23/h3-10H,2,11-16H2,1H3. The van der Waals surface area contributed by atoms with Crippen molar-refractivity contribution in [2.45, 2.75) is 31.3 Å². The smallest absolute Gasteiger partial charge is 0.329 e. The molecule has 2 heterocycles. The van der Waals surface area contributed by atoms with Crippen LogP contribution in [0.3, 0.4) is 0 Å². The lowest BCUT2D eigenvalue weighted by molar-refractivity contribution is -0.132. The molecule has 1 aromatic heterocycles. The predicted octanol–water partition coefficient (Wildman–Crippen LogP) is 1.89. The second-order valence-corrected chi connectivity index (χ2v) is 9.54. The number of para-hydroxylation sites is 2. The summed E-state index contributed by atoms with van der Waals surface area (Å²) >= 11 is 0. The number of rotatable bonds is 6. The van der Waals surface area contributed by atoms with Gasteiger partial charge in [0.25, 0.3) is 0 Å². The number of aromatic nitrogens is 2. The maximum atomic E-state index is 14.0. The monoisotopic (exact) mass is 460 g/mol. The van der Waals surface area contributed by atoms with Crippen LogP contribution in [0.15, 0.2) is 58.2 Å². The van der Waals surface area contributed by atoms with Crippen LogP contribution in [0.25, 0.3) is 11.0 Å². The SMILES string of the molecule is CCn1c(=O)n(CCC(=O)N2CCN(S(=O)(=O)c3ccccc3F)CC2)c2ccccc21. The minimum atomic E-state index is -3.96. The normalized spacial score (nSPS) is 15.4. The Bertz CT molecular complexity index is 1310. The van der Waals surface area contributed by atoms with E-state index in [0.29, 0.717) is 6.54 Å². The van der Waals surface area contributed by atoms with Crippen molar-refractivity contribution in [1.82, 2.24) is 18.3 Å². The Labute approximate surface area is 185 Å². The maximum absolute atomic E-state index is 14.0. The van der Waals surface area contributed by atoms with E-state index < -0.39 is 15.8 Å². The number of nitrogens with zero attached hydrogens (tertiary/aromatic N) is 4. The average Bonchev–Trinajstić information content (AvgIpc) is 3.08. The Hall–Kier alpha value is -2.98. The summed E-state index contributed by atoms with van der Waals surface area (Å²) in [5.41, 5.74) is 1.47. The van der Waals surface area contributed by atoms with Crippen molar-refractivity contribution in [2.75, 3.05) is 26.2 Å². The van der Waals surface area contributed by atoms with Gasteiger partial charge in [-0.15, -0.1) is 0 Å². The molecule has 1 fully saturated rings. The van der Waals surface area contributed by atoms with E-state index in [9.17, 15) is 22.4 Å². The number of sulfonamides is 1. The summed E-state index contributed by atoms with van der Waals surface area (Å²) in [7, 11) is -3.96. The molecule has 0 unspecified atom stereocenters. The zero-order valence-corrected chi connectivity index (χ0v) is 18.6. The number of fused-ring (bicyclic) bond motifs is 1. The third-order valence-electron chi connectivity index (χ3n) is 5.84. The first kappa shape index (κ1) is 22.2. The minimum absolute atomic E-state index is 0.0947. The van der Waals surface area contributed by atoms with E-state index in [1.807, 2.05) is 31.2 Å². The van der Waals surface area contributed by atoms with Gasteiger partial charge in [0, 0.05) is 45.7 Å². The lowest BCUT2D eigenvalue weighted by Gasteiger charge is -2.34. The number of hydrogen-bond acceptors (Lipinski definition) is 4. The highest BCUT2D eigenvalue weighted by Gasteiger charge is 2.31. The zero-order chi connectivity index (χ0) is 22.9. The fourth-order valence-electron chi connectivity index (χ4n) is 4.13. The third kappa shape index (κ3) is 3.95. The zero-order valence-electron chi connectivity index (χ0n) is 17.8. The van der Waals surface area contributed by atoms with Gasteiger partial charge in [0.05, 0.1) is 11.0 Å². The number of carbonyl (C=O) groups excluding carboxylic acids is 1. The van der Waals surface area contributed by atoms with Crippen molar-refractivity contribution in [1.29, 1.82) is 0 Å². The molecule has 8 nitrogen and oxygen atoms in total. The molecule has 1 aliphatic heterocycles.